The Kier molecular flexibility index (Phi) is 3.73. The lowest BCUT2D eigenvalue weighted by Gasteiger charge is -2.05. The minimum Gasteiger partial charge on any atom is -0.364 e. The zero-order valence-corrected chi connectivity index (χ0v) is 12.8. The number of aromatic amines is 1. The summed E-state index contributed by atoms with van der Waals surface area (Å²) in [6.07, 6.45) is 4.95. The van der Waals surface area contributed by atoms with Crippen molar-refractivity contribution in [2.45, 2.75) is 6.54 Å². The van der Waals surface area contributed by atoms with Gasteiger partial charge in [-0.2, -0.15) is 4.98 Å². The fourth-order valence-corrected chi connectivity index (χ4v) is 2.38. The second-order valence-corrected chi connectivity index (χ2v) is 5.21. The van der Waals surface area contributed by atoms with Crippen molar-refractivity contribution in [3.8, 4) is 0 Å². The highest BCUT2D eigenvalue weighted by molar-refractivity contribution is 5.84. The molecule has 0 saturated heterocycles. The van der Waals surface area contributed by atoms with Gasteiger partial charge < -0.3 is 15.6 Å². The summed E-state index contributed by atoms with van der Waals surface area (Å²) >= 11 is 0. The number of fused-ring (bicyclic) bond motifs is 1. The van der Waals surface area contributed by atoms with Crippen molar-refractivity contribution < 1.29 is 0 Å². The highest BCUT2D eigenvalue weighted by atomic mass is 15.2. The molecule has 0 saturated carbocycles. The number of imidazole rings is 1. The van der Waals surface area contributed by atoms with E-state index in [4.69, 9.17) is 0 Å². The largest absolute Gasteiger partial charge is 0.364 e. The van der Waals surface area contributed by atoms with Crippen LogP contribution in [0.4, 0.5) is 17.5 Å². The Balaban J connectivity index is 1.58. The van der Waals surface area contributed by atoms with Crippen molar-refractivity contribution >= 4 is 28.6 Å². The molecule has 0 radical (unpaired) electrons. The summed E-state index contributed by atoms with van der Waals surface area (Å²) in [6.45, 7) is 0.680. The first-order valence-corrected chi connectivity index (χ1v) is 7.54. The lowest BCUT2D eigenvalue weighted by Crippen LogP contribution is -2.02. The number of benzene rings is 1. The Morgan fingerprint density at radius 3 is 2.62 bits per heavy atom. The van der Waals surface area contributed by atoms with E-state index in [-0.39, 0.29) is 0 Å². The van der Waals surface area contributed by atoms with E-state index in [2.05, 4.69) is 47.7 Å². The molecular formula is C17H15N7. The van der Waals surface area contributed by atoms with Crippen LogP contribution in [0, 0.1) is 0 Å². The van der Waals surface area contributed by atoms with Gasteiger partial charge in [0, 0.05) is 24.6 Å². The lowest BCUT2D eigenvalue weighted by atomic mass is 10.2. The number of anilines is 3. The molecule has 24 heavy (non-hydrogen) atoms. The van der Waals surface area contributed by atoms with Crippen molar-refractivity contribution in [1.82, 2.24) is 24.9 Å². The van der Waals surface area contributed by atoms with Crippen LogP contribution in [0.1, 0.15) is 5.56 Å². The molecule has 4 aromatic rings. The van der Waals surface area contributed by atoms with Crippen molar-refractivity contribution in [3.63, 3.8) is 0 Å². The lowest BCUT2D eigenvalue weighted by molar-refractivity contribution is 1.10. The Morgan fingerprint density at radius 1 is 0.958 bits per heavy atom. The third-order valence-corrected chi connectivity index (χ3v) is 3.53. The van der Waals surface area contributed by atoms with E-state index in [1.807, 2.05) is 30.3 Å². The van der Waals surface area contributed by atoms with Gasteiger partial charge in [-0.05, 0) is 17.7 Å². The van der Waals surface area contributed by atoms with Crippen LogP contribution in [-0.4, -0.2) is 24.9 Å². The third kappa shape index (κ3) is 3.00. The van der Waals surface area contributed by atoms with Crippen LogP contribution in [0.3, 0.4) is 0 Å². The number of pyridine rings is 1. The number of nitrogens with zero attached hydrogens (tertiary/aromatic N) is 4. The van der Waals surface area contributed by atoms with Crippen LogP contribution in [0.15, 0.2) is 61.2 Å². The monoisotopic (exact) mass is 317 g/mol. The van der Waals surface area contributed by atoms with E-state index in [0.717, 1.165) is 17.0 Å². The van der Waals surface area contributed by atoms with Gasteiger partial charge in [-0.15, -0.1) is 0 Å². The predicted octanol–water partition coefficient (Wildman–Crippen LogP) is 3.10. The zero-order valence-electron chi connectivity index (χ0n) is 12.8. The van der Waals surface area contributed by atoms with Gasteiger partial charge >= 0.3 is 0 Å². The topological polar surface area (TPSA) is 91.4 Å². The van der Waals surface area contributed by atoms with Crippen LogP contribution in [0.25, 0.3) is 11.2 Å². The molecule has 0 amide bonds. The summed E-state index contributed by atoms with van der Waals surface area (Å²) in [4.78, 5) is 20.2. The number of hydrogen-bond donors (Lipinski definition) is 3. The molecule has 3 heterocycles. The Morgan fingerprint density at radius 2 is 1.79 bits per heavy atom. The van der Waals surface area contributed by atoms with E-state index in [1.54, 1.807) is 12.4 Å². The van der Waals surface area contributed by atoms with E-state index in [9.17, 15) is 0 Å². The molecule has 0 atom stereocenters. The van der Waals surface area contributed by atoms with Gasteiger partial charge in [0.25, 0.3) is 0 Å². The molecule has 7 nitrogen and oxygen atoms in total. The van der Waals surface area contributed by atoms with Crippen LogP contribution in [0.2, 0.25) is 0 Å². The Bertz CT molecular complexity index is 935. The molecule has 0 aliphatic heterocycles. The van der Waals surface area contributed by atoms with Crippen molar-refractivity contribution in [2.75, 3.05) is 10.6 Å². The molecule has 0 aliphatic rings. The molecule has 0 spiro atoms. The normalized spacial score (nSPS) is 10.7. The van der Waals surface area contributed by atoms with E-state index >= 15 is 0 Å². The third-order valence-electron chi connectivity index (χ3n) is 3.53. The summed E-state index contributed by atoms with van der Waals surface area (Å²) in [5.41, 5.74) is 3.46. The minimum atomic E-state index is 0.608. The Hall–Kier alpha value is -3.48. The number of H-pyrrole nitrogens is 1. The van der Waals surface area contributed by atoms with Gasteiger partial charge in [-0.25, -0.2) is 9.97 Å². The van der Waals surface area contributed by atoms with E-state index in [1.165, 1.54) is 11.9 Å². The molecular weight excluding hydrogens is 302 g/mol. The maximum Gasteiger partial charge on any atom is 0.207 e. The first-order chi connectivity index (χ1) is 11.9. The molecule has 0 unspecified atom stereocenters. The molecule has 3 aromatic heterocycles. The molecule has 7 heteroatoms. The fraction of sp³-hybridized carbons (Fsp3) is 0.0588. The van der Waals surface area contributed by atoms with Gasteiger partial charge in [-0.1, -0.05) is 30.3 Å². The van der Waals surface area contributed by atoms with Gasteiger partial charge in [0.15, 0.2) is 11.5 Å². The van der Waals surface area contributed by atoms with Gasteiger partial charge in [-0.3, -0.25) is 4.98 Å². The molecule has 3 N–H and O–H groups in total. The number of aromatic nitrogens is 5. The number of rotatable bonds is 5. The second-order valence-electron chi connectivity index (χ2n) is 5.21. The quantitative estimate of drug-likeness (QED) is 0.524. The summed E-state index contributed by atoms with van der Waals surface area (Å²) in [7, 11) is 0. The van der Waals surface area contributed by atoms with Crippen molar-refractivity contribution in [3.05, 3.63) is 66.7 Å². The zero-order chi connectivity index (χ0) is 16.2. The summed E-state index contributed by atoms with van der Waals surface area (Å²) in [6, 6.07) is 13.9. The molecule has 118 valence electrons. The number of nitrogens with one attached hydrogen (secondary N) is 3. The Labute approximate surface area is 138 Å². The summed E-state index contributed by atoms with van der Waals surface area (Å²) in [5.74, 6) is 1.33. The van der Waals surface area contributed by atoms with Crippen molar-refractivity contribution in [1.29, 1.82) is 0 Å². The first kappa shape index (κ1) is 14.1. The average molecular weight is 317 g/mol. The predicted molar refractivity (Wildman–Crippen MR) is 93.0 cm³/mol. The van der Waals surface area contributed by atoms with E-state index in [0.29, 0.717) is 18.1 Å². The van der Waals surface area contributed by atoms with E-state index < -0.39 is 0 Å². The molecule has 4 rings (SSSR count). The molecule has 0 fully saturated rings. The maximum absolute atomic E-state index is 4.45. The van der Waals surface area contributed by atoms with Gasteiger partial charge in [0.1, 0.15) is 11.8 Å². The second kappa shape index (κ2) is 6.33. The molecule has 0 bridgehead atoms. The van der Waals surface area contributed by atoms with Gasteiger partial charge in [0.2, 0.25) is 5.95 Å². The standard InChI is InChI=1S/C17H15N7/c1-2-4-12(5-3-1)10-19-15-14-16(21-11-20-15)24-17(23-14)22-13-6-8-18-9-7-13/h1-9,11H,10H2,(H3,18,19,20,21,22,23,24). The van der Waals surface area contributed by atoms with Crippen LogP contribution in [-0.2, 0) is 6.54 Å². The smallest absolute Gasteiger partial charge is 0.207 e. The number of hydrogen-bond acceptors (Lipinski definition) is 6. The molecule has 1 aromatic carbocycles. The van der Waals surface area contributed by atoms with Crippen molar-refractivity contribution in [2.24, 2.45) is 0 Å². The first-order valence-electron chi connectivity index (χ1n) is 7.54. The summed E-state index contributed by atoms with van der Waals surface area (Å²) in [5, 5.41) is 6.51. The minimum absolute atomic E-state index is 0.608. The highest BCUT2D eigenvalue weighted by Gasteiger charge is 2.09. The molecule has 0 aliphatic carbocycles. The van der Waals surface area contributed by atoms with Crippen LogP contribution in [0.5, 0.6) is 0 Å². The average Bonchev–Trinajstić information content (AvgIpc) is 3.04. The van der Waals surface area contributed by atoms with Gasteiger partial charge in [0.05, 0.1) is 0 Å². The maximum atomic E-state index is 4.45. The van der Waals surface area contributed by atoms with Crippen LogP contribution >= 0.6 is 0 Å². The van der Waals surface area contributed by atoms with Crippen LogP contribution < -0.4 is 10.6 Å². The summed E-state index contributed by atoms with van der Waals surface area (Å²) < 4.78 is 0. The SMILES string of the molecule is c1ccc(CNc2ncnc3nc(Nc4ccncc4)[nH]c23)cc1. The highest BCUT2D eigenvalue weighted by Crippen LogP contribution is 2.21. The fourth-order valence-electron chi connectivity index (χ4n) is 2.38.